The van der Waals surface area contributed by atoms with E-state index < -0.39 is 0 Å². The molecule has 0 saturated heterocycles. The van der Waals surface area contributed by atoms with Crippen molar-refractivity contribution in [2.24, 2.45) is 7.05 Å². The number of fused-ring (bicyclic) bond motifs is 1. The van der Waals surface area contributed by atoms with Crippen LogP contribution in [-0.4, -0.2) is 10.5 Å². The third-order valence-corrected chi connectivity index (χ3v) is 4.00. The lowest BCUT2D eigenvalue weighted by molar-refractivity contribution is 0.0963. The molecule has 0 saturated carbocycles. The number of nitrogens with one attached hydrogen (secondary N) is 2. The molecule has 0 radical (unpaired) electrons. The fourth-order valence-corrected chi connectivity index (χ4v) is 2.75. The second kappa shape index (κ2) is 6.16. The summed E-state index contributed by atoms with van der Waals surface area (Å²) in [5.41, 5.74) is 9.56. The number of carbonyl (C=O) groups excluding carboxylic acids is 1. The Hall–Kier alpha value is -2.75. The number of carbonyl (C=O) groups is 1. The zero-order valence-electron chi connectivity index (χ0n) is 13.6. The summed E-state index contributed by atoms with van der Waals surface area (Å²) in [7, 11) is 2.03. The van der Waals surface area contributed by atoms with Gasteiger partial charge in [-0.2, -0.15) is 0 Å². The van der Waals surface area contributed by atoms with E-state index in [2.05, 4.69) is 35.5 Å². The van der Waals surface area contributed by atoms with Crippen LogP contribution in [0.15, 0.2) is 54.7 Å². The van der Waals surface area contributed by atoms with Gasteiger partial charge in [0.15, 0.2) is 0 Å². The SMILES string of the molecule is CC(C)c1cn(C)c2ccc(C(=O)NNc3ccccc3)cc12. The van der Waals surface area contributed by atoms with Crippen molar-refractivity contribution in [3.05, 3.63) is 65.9 Å². The predicted molar refractivity (Wildman–Crippen MR) is 94.5 cm³/mol. The molecule has 3 aromatic rings. The number of aryl methyl sites for hydroxylation is 1. The minimum atomic E-state index is -0.144. The largest absolute Gasteiger partial charge is 0.350 e. The molecule has 0 aliphatic heterocycles. The Morgan fingerprint density at radius 3 is 2.52 bits per heavy atom. The number of nitrogens with zero attached hydrogens (tertiary/aromatic N) is 1. The molecule has 3 rings (SSSR count). The average molecular weight is 307 g/mol. The molecular weight excluding hydrogens is 286 g/mol. The Kier molecular flexibility index (Phi) is 4.06. The number of hydrogen-bond donors (Lipinski definition) is 2. The van der Waals surface area contributed by atoms with Crippen molar-refractivity contribution >= 4 is 22.5 Å². The summed E-state index contributed by atoms with van der Waals surface area (Å²) >= 11 is 0. The first kappa shape index (κ1) is 15.2. The molecule has 0 aliphatic rings. The van der Waals surface area contributed by atoms with Crippen LogP contribution in [0.1, 0.15) is 35.7 Å². The van der Waals surface area contributed by atoms with Crippen molar-refractivity contribution in [2.45, 2.75) is 19.8 Å². The molecule has 118 valence electrons. The molecule has 23 heavy (non-hydrogen) atoms. The molecule has 4 heteroatoms. The van der Waals surface area contributed by atoms with E-state index in [1.807, 2.05) is 55.6 Å². The molecule has 0 unspecified atom stereocenters. The third-order valence-electron chi connectivity index (χ3n) is 4.00. The number of benzene rings is 2. The number of amides is 1. The number of anilines is 1. The quantitative estimate of drug-likeness (QED) is 0.714. The number of hydrazine groups is 1. The average Bonchev–Trinajstić information content (AvgIpc) is 2.90. The molecule has 0 bridgehead atoms. The molecular formula is C19H21N3O. The van der Waals surface area contributed by atoms with Crippen molar-refractivity contribution in [3.63, 3.8) is 0 Å². The van der Waals surface area contributed by atoms with Crippen LogP contribution in [0.25, 0.3) is 10.9 Å². The minimum Gasteiger partial charge on any atom is -0.350 e. The summed E-state index contributed by atoms with van der Waals surface area (Å²) < 4.78 is 2.11. The Morgan fingerprint density at radius 2 is 1.83 bits per heavy atom. The standard InChI is InChI=1S/C19H21N3O/c1-13(2)17-12-22(3)18-10-9-14(11-16(17)18)19(23)21-20-15-7-5-4-6-8-15/h4-13,20H,1-3H3,(H,21,23). The topological polar surface area (TPSA) is 46.1 Å². The molecule has 2 aromatic carbocycles. The van der Waals surface area contributed by atoms with E-state index in [1.54, 1.807) is 0 Å². The van der Waals surface area contributed by atoms with E-state index in [0.717, 1.165) is 16.6 Å². The van der Waals surface area contributed by atoms with Crippen LogP contribution in [0.2, 0.25) is 0 Å². The molecule has 1 amide bonds. The molecule has 0 spiro atoms. The fraction of sp³-hybridized carbons (Fsp3) is 0.211. The van der Waals surface area contributed by atoms with Gasteiger partial charge in [-0.25, -0.2) is 0 Å². The van der Waals surface area contributed by atoms with Crippen molar-refractivity contribution in [2.75, 3.05) is 5.43 Å². The molecule has 4 nitrogen and oxygen atoms in total. The second-order valence-corrected chi connectivity index (χ2v) is 6.03. The van der Waals surface area contributed by atoms with Gasteiger partial charge in [-0.05, 0) is 41.8 Å². The van der Waals surface area contributed by atoms with Crippen LogP contribution in [0, 0.1) is 0 Å². The van der Waals surface area contributed by atoms with E-state index in [-0.39, 0.29) is 5.91 Å². The lowest BCUT2D eigenvalue weighted by atomic mass is 10.0. The number of rotatable bonds is 4. The molecule has 0 fully saturated rings. The first-order chi connectivity index (χ1) is 11.1. The number of para-hydroxylation sites is 1. The predicted octanol–water partition coefficient (Wildman–Crippen LogP) is 4.06. The van der Waals surface area contributed by atoms with Crippen LogP contribution in [0.5, 0.6) is 0 Å². The van der Waals surface area contributed by atoms with Crippen LogP contribution >= 0.6 is 0 Å². The summed E-state index contributed by atoms with van der Waals surface area (Å²) in [6.07, 6.45) is 2.14. The van der Waals surface area contributed by atoms with Gasteiger partial charge in [0.1, 0.15) is 0 Å². The molecule has 0 aliphatic carbocycles. The Balaban J connectivity index is 1.85. The van der Waals surface area contributed by atoms with Crippen molar-refractivity contribution in [1.29, 1.82) is 0 Å². The zero-order chi connectivity index (χ0) is 16.4. The molecule has 1 aromatic heterocycles. The van der Waals surface area contributed by atoms with E-state index in [0.29, 0.717) is 11.5 Å². The smallest absolute Gasteiger partial charge is 0.269 e. The van der Waals surface area contributed by atoms with Gasteiger partial charge in [-0.15, -0.1) is 0 Å². The summed E-state index contributed by atoms with van der Waals surface area (Å²) in [6.45, 7) is 4.33. The van der Waals surface area contributed by atoms with Gasteiger partial charge in [0.05, 0.1) is 5.69 Å². The first-order valence-electron chi connectivity index (χ1n) is 7.76. The number of hydrogen-bond acceptors (Lipinski definition) is 2. The maximum Gasteiger partial charge on any atom is 0.269 e. The van der Waals surface area contributed by atoms with Gasteiger partial charge >= 0.3 is 0 Å². The van der Waals surface area contributed by atoms with Gasteiger partial charge in [-0.1, -0.05) is 32.0 Å². The van der Waals surface area contributed by atoms with Crippen molar-refractivity contribution in [3.8, 4) is 0 Å². The van der Waals surface area contributed by atoms with Crippen LogP contribution in [-0.2, 0) is 7.05 Å². The monoisotopic (exact) mass is 307 g/mol. The van der Waals surface area contributed by atoms with Gasteiger partial charge in [0, 0.05) is 29.7 Å². The molecule has 2 N–H and O–H groups in total. The van der Waals surface area contributed by atoms with E-state index >= 15 is 0 Å². The van der Waals surface area contributed by atoms with Gasteiger partial charge < -0.3 is 4.57 Å². The van der Waals surface area contributed by atoms with Crippen LogP contribution in [0.3, 0.4) is 0 Å². The van der Waals surface area contributed by atoms with E-state index in [4.69, 9.17) is 0 Å². The van der Waals surface area contributed by atoms with E-state index in [1.165, 1.54) is 5.56 Å². The highest BCUT2D eigenvalue weighted by atomic mass is 16.2. The molecule has 0 atom stereocenters. The zero-order valence-corrected chi connectivity index (χ0v) is 13.6. The highest BCUT2D eigenvalue weighted by Crippen LogP contribution is 2.27. The van der Waals surface area contributed by atoms with Crippen LogP contribution < -0.4 is 10.9 Å². The fourth-order valence-electron chi connectivity index (χ4n) is 2.75. The summed E-state index contributed by atoms with van der Waals surface area (Å²) in [5.74, 6) is 0.272. The Morgan fingerprint density at radius 1 is 1.09 bits per heavy atom. The molecule has 1 heterocycles. The van der Waals surface area contributed by atoms with E-state index in [9.17, 15) is 4.79 Å². The maximum atomic E-state index is 12.4. The highest BCUT2D eigenvalue weighted by Gasteiger charge is 2.13. The Bertz CT molecular complexity index is 834. The third kappa shape index (κ3) is 3.06. The summed E-state index contributed by atoms with van der Waals surface area (Å²) in [5, 5.41) is 1.13. The lowest BCUT2D eigenvalue weighted by Gasteiger charge is -2.09. The van der Waals surface area contributed by atoms with Gasteiger partial charge in [0.2, 0.25) is 0 Å². The second-order valence-electron chi connectivity index (χ2n) is 6.03. The first-order valence-corrected chi connectivity index (χ1v) is 7.76. The van der Waals surface area contributed by atoms with Gasteiger partial charge in [-0.3, -0.25) is 15.6 Å². The summed E-state index contributed by atoms with van der Waals surface area (Å²) in [4.78, 5) is 12.4. The van der Waals surface area contributed by atoms with Gasteiger partial charge in [0.25, 0.3) is 5.91 Å². The number of aromatic nitrogens is 1. The lowest BCUT2D eigenvalue weighted by Crippen LogP contribution is -2.29. The summed E-state index contributed by atoms with van der Waals surface area (Å²) in [6, 6.07) is 15.4. The van der Waals surface area contributed by atoms with Crippen molar-refractivity contribution < 1.29 is 4.79 Å². The maximum absolute atomic E-state index is 12.4. The minimum absolute atomic E-state index is 0.144. The van der Waals surface area contributed by atoms with Crippen molar-refractivity contribution in [1.82, 2.24) is 9.99 Å². The normalized spacial score (nSPS) is 11.0. The highest BCUT2D eigenvalue weighted by molar-refractivity contribution is 5.99. The van der Waals surface area contributed by atoms with Crippen LogP contribution in [0.4, 0.5) is 5.69 Å². The Labute approximate surface area is 136 Å².